The van der Waals surface area contributed by atoms with Gasteiger partial charge in [0, 0.05) is 0 Å². The van der Waals surface area contributed by atoms with Gasteiger partial charge in [-0.25, -0.2) is 0 Å². The third-order valence-corrected chi connectivity index (χ3v) is 7.97. The van der Waals surface area contributed by atoms with Gasteiger partial charge in [-0.2, -0.15) is 0 Å². The van der Waals surface area contributed by atoms with Crippen LogP contribution in [0, 0.1) is 0 Å². The molecule has 0 bridgehead atoms. The van der Waals surface area contributed by atoms with E-state index < -0.39 is 0 Å². The summed E-state index contributed by atoms with van der Waals surface area (Å²) in [6.07, 6.45) is 10.4. The fourth-order valence-electron chi connectivity index (χ4n) is 1.39. The van der Waals surface area contributed by atoms with Crippen molar-refractivity contribution in [1.29, 1.82) is 0 Å². The minimum absolute atomic E-state index is 0.0924. The number of hydrogen-bond acceptors (Lipinski definition) is 0. The predicted molar refractivity (Wildman–Crippen MR) is 88.1 cm³/mol. The molecule has 0 heterocycles. The Morgan fingerprint density at radius 3 is 1.59 bits per heavy atom. The van der Waals surface area contributed by atoms with Gasteiger partial charge in [-0.15, -0.1) is 0 Å². The summed E-state index contributed by atoms with van der Waals surface area (Å²) in [7, 11) is 0. The third-order valence-electron chi connectivity index (χ3n) is 2.43. The van der Waals surface area contributed by atoms with Crippen LogP contribution in [0.1, 0.15) is 65.2 Å². The Kier molecular flexibility index (Phi) is 14.6. The van der Waals surface area contributed by atoms with E-state index in [2.05, 4.69) is 54.0 Å². The van der Waals surface area contributed by atoms with Gasteiger partial charge >= 0.3 is 135 Å². The Bertz CT molecular complexity index is 210. The van der Waals surface area contributed by atoms with E-state index in [1.165, 1.54) is 60.3 Å². The van der Waals surface area contributed by atoms with Gasteiger partial charge in [0.1, 0.15) is 0 Å². The monoisotopic (exact) mass is 480 g/mol. The number of rotatable bonds is 10. The quantitative estimate of drug-likeness (QED) is 0.254. The Morgan fingerprint density at radius 1 is 0.824 bits per heavy atom. The minimum atomic E-state index is -0.0924. The second kappa shape index (κ2) is 13.7. The predicted octanol–water partition coefficient (Wildman–Crippen LogP) is 6.32. The zero-order valence-electron chi connectivity index (χ0n) is 11.0. The zero-order valence-corrected chi connectivity index (χ0v) is 16.5. The second-order valence-electron chi connectivity index (χ2n) is 4.18. The first-order valence-corrected chi connectivity index (χ1v) is 10.8. The summed E-state index contributed by atoms with van der Waals surface area (Å²) < 4.78 is 7.67. The second-order valence-corrected chi connectivity index (χ2v) is 8.34. The Labute approximate surface area is 134 Å². The van der Waals surface area contributed by atoms with Crippen molar-refractivity contribution in [3.8, 4) is 0 Å². The van der Waals surface area contributed by atoms with Gasteiger partial charge in [0.15, 0.2) is 0 Å². The summed E-state index contributed by atoms with van der Waals surface area (Å²) in [4.78, 5) is 0. The molecule has 0 spiro atoms. The van der Waals surface area contributed by atoms with Crippen LogP contribution in [-0.2, 0) is 0 Å². The first-order valence-electron chi connectivity index (χ1n) is 6.55. The summed E-state index contributed by atoms with van der Waals surface area (Å²) in [5.41, 5.74) is 0. The Morgan fingerprint density at radius 2 is 1.24 bits per heavy atom. The summed E-state index contributed by atoms with van der Waals surface area (Å²) in [5.74, 6) is 0. The number of hydrogen-bond donors (Lipinski definition) is 0. The molecule has 0 unspecified atom stereocenters. The fraction of sp³-hybridized carbons (Fsp3) is 0.714. The molecule has 0 saturated carbocycles. The van der Waals surface area contributed by atoms with Crippen molar-refractivity contribution >= 4 is 52.8 Å². The summed E-state index contributed by atoms with van der Waals surface area (Å²) in [5, 5.41) is 0. The molecule has 0 nitrogen and oxygen atoms in total. The molecule has 0 radical (unpaired) electrons. The van der Waals surface area contributed by atoms with Gasteiger partial charge < -0.3 is 0 Å². The van der Waals surface area contributed by atoms with Crippen molar-refractivity contribution < 1.29 is 0 Å². The molecule has 0 aliphatic rings. The number of allylic oxidation sites excluding steroid dienone is 2. The van der Waals surface area contributed by atoms with Crippen molar-refractivity contribution in [2.24, 2.45) is 0 Å². The first-order chi connectivity index (χ1) is 8.20. The van der Waals surface area contributed by atoms with E-state index >= 15 is 0 Å². The van der Waals surface area contributed by atoms with Gasteiger partial charge in [-0.1, -0.05) is 0 Å². The van der Waals surface area contributed by atoms with Gasteiger partial charge in [0.2, 0.25) is 0 Å². The topological polar surface area (TPSA) is 0 Å². The van der Waals surface area contributed by atoms with Gasteiger partial charge in [0.05, 0.1) is 0 Å². The van der Waals surface area contributed by atoms with Crippen LogP contribution in [0.2, 0.25) is 0 Å². The Hall–Kier alpha value is 1.23. The van der Waals surface area contributed by atoms with Crippen LogP contribution in [0.4, 0.5) is 0 Å². The molecule has 0 aromatic rings. The Balaban J connectivity index is 3.69. The normalized spacial score (nSPS) is 13.2. The van der Waals surface area contributed by atoms with Crippen molar-refractivity contribution in [1.82, 2.24) is 0 Å². The third kappa shape index (κ3) is 13.5. The van der Waals surface area contributed by atoms with Crippen LogP contribution in [0.15, 0.2) is 17.2 Å². The van der Waals surface area contributed by atoms with E-state index in [4.69, 9.17) is 0 Å². The molecule has 0 N–H and O–H groups in total. The molecule has 0 aromatic carbocycles. The maximum atomic E-state index is 3.67. The standard InChI is InChI=1S/C14H24Br2Te/c1-3-5-7-9-13(15)11-17-12-14(16)10-8-6-4-2/h11-12H,3-10H2,1-2H3. The SMILES string of the molecule is CCCCCC(Br)=C[Te]C=C(Br)CCCCC. The van der Waals surface area contributed by atoms with Gasteiger partial charge in [0.25, 0.3) is 0 Å². The molecule has 0 amide bonds. The maximum absolute atomic E-state index is 3.67. The van der Waals surface area contributed by atoms with E-state index in [-0.39, 0.29) is 20.9 Å². The van der Waals surface area contributed by atoms with Crippen LogP contribution < -0.4 is 0 Å². The molecule has 0 aliphatic carbocycles. The van der Waals surface area contributed by atoms with Gasteiger partial charge in [-0.3, -0.25) is 0 Å². The fourth-order valence-corrected chi connectivity index (χ4v) is 5.11. The van der Waals surface area contributed by atoms with Crippen LogP contribution in [0.3, 0.4) is 0 Å². The molecule has 17 heavy (non-hydrogen) atoms. The van der Waals surface area contributed by atoms with E-state index in [1.54, 1.807) is 0 Å². The van der Waals surface area contributed by atoms with Crippen molar-refractivity contribution in [3.63, 3.8) is 0 Å². The van der Waals surface area contributed by atoms with Crippen LogP contribution in [-0.4, -0.2) is 20.9 Å². The molecular weight excluding hydrogens is 456 g/mol. The molecule has 0 rings (SSSR count). The molecule has 0 saturated heterocycles. The van der Waals surface area contributed by atoms with Crippen LogP contribution in [0.25, 0.3) is 0 Å². The summed E-state index contributed by atoms with van der Waals surface area (Å²) in [6.45, 7) is 4.50. The van der Waals surface area contributed by atoms with Crippen LogP contribution in [0.5, 0.6) is 0 Å². The summed E-state index contributed by atoms with van der Waals surface area (Å²) in [6, 6.07) is 0. The van der Waals surface area contributed by atoms with Crippen molar-refractivity contribution in [2.45, 2.75) is 65.2 Å². The van der Waals surface area contributed by atoms with E-state index in [0.717, 1.165) is 0 Å². The average molecular weight is 480 g/mol. The van der Waals surface area contributed by atoms with Crippen molar-refractivity contribution in [3.05, 3.63) is 17.2 Å². The van der Waals surface area contributed by atoms with E-state index in [1.807, 2.05) is 0 Å². The summed E-state index contributed by atoms with van der Waals surface area (Å²) >= 11 is 7.25. The zero-order chi connectivity index (χ0) is 12.9. The van der Waals surface area contributed by atoms with Gasteiger partial charge in [-0.05, 0) is 0 Å². The first kappa shape index (κ1) is 18.2. The molecule has 0 fully saturated rings. The average Bonchev–Trinajstić information content (AvgIpc) is 2.30. The van der Waals surface area contributed by atoms with Crippen molar-refractivity contribution in [2.75, 3.05) is 0 Å². The van der Waals surface area contributed by atoms with E-state index in [9.17, 15) is 0 Å². The number of unbranched alkanes of at least 4 members (excludes halogenated alkanes) is 4. The van der Waals surface area contributed by atoms with E-state index in [0.29, 0.717) is 0 Å². The molecular formula is C14H24Br2Te. The molecule has 100 valence electrons. The van der Waals surface area contributed by atoms with Crippen LogP contribution >= 0.6 is 31.9 Å². The number of halogens is 2. The molecule has 3 heteroatoms. The molecule has 0 aromatic heterocycles. The molecule has 0 aliphatic heterocycles. The molecule has 0 atom stereocenters.